The van der Waals surface area contributed by atoms with Crippen molar-refractivity contribution in [1.82, 2.24) is 10.6 Å². The molecule has 0 spiro atoms. The molecular weight excluding hydrogens is 200 g/mol. The smallest absolute Gasteiger partial charge is 0.333 e. The molecule has 0 aliphatic carbocycles. The number of urea groups is 1. The number of carbonyl (C=O) groups excluding carboxylic acids is 3. The van der Waals surface area contributed by atoms with Crippen molar-refractivity contribution in [3.8, 4) is 0 Å². The van der Waals surface area contributed by atoms with Gasteiger partial charge in [0.25, 0.3) is 0 Å². The van der Waals surface area contributed by atoms with Gasteiger partial charge in [-0.1, -0.05) is 6.58 Å². The lowest BCUT2D eigenvalue weighted by molar-refractivity contribution is -0.138. The summed E-state index contributed by atoms with van der Waals surface area (Å²) in [5.41, 5.74) is 0.306. The van der Waals surface area contributed by atoms with Gasteiger partial charge in [-0.15, -0.1) is 0 Å². The van der Waals surface area contributed by atoms with Gasteiger partial charge >= 0.3 is 12.0 Å². The molecule has 0 aliphatic rings. The summed E-state index contributed by atoms with van der Waals surface area (Å²) in [5.74, 6) is -0.495. The van der Waals surface area contributed by atoms with E-state index in [1.54, 1.807) is 0 Å². The molecule has 6 heteroatoms. The van der Waals surface area contributed by atoms with Crippen molar-refractivity contribution in [2.45, 2.75) is 6.92 Å². The first-order valence-corrected chi connectivity index (χ1v) is 4.36. The number of hydrogen-bond acceptors (Lipinski definition) is 4. The normalized spacial score (nSPS) is 8.87. The van der Waals surface area contributed by atoms with E-state index in [2.05, 4.69) is 17.2 Å². The van der Waals surface area contributed by atoms with E-state index in [-0.39, 0.29) is 19.7 Å². The zero-order valence-electron chi connectivity index (χ0n) is 8.54. The third kappa shape index (κ3) is 7.24. The van der Waals surface area contributed by atoms with Crippen molar-refractivity contribution < 1.29 is 19.1 Å². The summed E-state index contributed by atoms with van der Waals surface area (Å²) in [7, 11) is 0. The molecule has 0 aromatic carbocycles. The van der Waals surface area contributed by atoms with Crippen molar-refractivity contribution in [3.63, 3.8) is 0 Å². The summed E-state index contributed by atoms with van der Waals surface area (Å²) in [6, 6.07) is -0.478. The van der Waals surface area contributed by atoms with Crippen LogP contribution >= 0.6 is 0 Å². The van der Waals surface area contributed by atoms with Gasteiger partial charge in [-0.25, -0.2) is 9.59 Å². The number of carbonyl (C=O) groups is 3. The second kappa shape index (κ2) is 7.54. The maximum atomic E-state index is 10.9. The number of esters is 1. The Morgan fingerprint density at radius 3 is 2.60 bits per heavy atom. The molecule has 0 atom stereocenters. The SMILES string of the molecule is C=C(C)C(=O)OCCNC(=O)NCC=O. The highest BCUT2D eigenvalue weighted by molar-refractivity contribution is 5.86. The van der Waals surface area contributed by atoms with Gasteiger partial charge in [0.15, 0.2) is 0 Å². The topological polar surface area (TPSA) is 84.5 Å². The van der Waals surface area contributed by atoms with Gasteiger partial charge in [0, 0.05) is 5.57 Å². The molecule has 6 nitrogen and oxygen atoms in total. The Morgan fingerprint density at radius 2 is 2.07 bits per heavy atom. The van der Waals surface area contributed by atoms with Crippen LogP contribution in [0.15, 0.2) is 12.2 Å². The highest BCUT2D eigenvalue weighted by Gasteiger charge is 2.02. The number of amides is 2. The van der Waals surface area contributed by atoms with Gasteiger partial charge in [-0.05, 0) is 6.92 Å². The lowest BCUT2D eigenvalue weighted by Crippen LogP contribution is -2.38. The summed E-state index contributed by atoms with van der Waals surface area (Å²) in [4.78, 5) is 31.6. The minimum atomic E-state index is -0.495. The van der Waals surface area contributed by atoms with Gasteiger partial charge in [0.05, 0.1) is 13.1 Å². The predicted molar refractivity (Wildman–Crippen MR) is 53.2 cm³/mol. The number of nitrogens with one attached hydrogen (secondary N) is 2. The third-order valence-electron chi connectivity index (χ3n) is 1.32. The zero-order valence-corrected chi connectivity index (χ0v) is 8.54. The molecule has 0 aromatic rings. The number of ether oxygens (including phenoxy) is 1. The molecule has 0 heterocycles. The van der Waals surface area contributed by atoms with E-state index in [9.17, 15) is 14.4 Å². The first kappa shape index (κ1) is 13.2. The van der Waals surface area contributed by atoms with E-state index >= 15 is 0 Å². The fraction of sp³-hybridized carbons (Fsp3) is 0.444. The molecule has 0 saturated heterocycles. The molecule has 15 heavy (non-hydrogen) atoms. The van der Waals surface area contributed by atoms with Crippen LogP contribution < -0.4 is 10.6 Å². The van der Waals surface area contributed by atoms with Gasteiger partial charge in [0.1, 0.15) is 12.9 Å². The average Bonchev–Trinajstić information content (AvgIpc) is 2.20. The van der Waals surface area contributed by atoms with E-state index in [1.165, 1.54) is 6.92 Å². The Balaban J connectivity index is 3.46. The Labute approximate surface area is 87.7 Å². The van der Waals surface area contributed by atoms with E-state index in [1.807, 2.05) is 0 Å². The van der Waals surface area contributed by atoms with Gasteiger partial charge in [0.2, 0.25) is 0 Å². The van der Waals surface area contributed by atoms with Crippen molar-refractivity contribution >= 4 is 18.3 Å². The molecule has 0 bridgehead atoms. The predicted octanol–water partition coefficient (Wildman–Crippen LogP) is -0.396. The minimum absolute atomic E-state index is 0.0443. The van der Waals surface area contributed by atoms with Crippen LogP contribution in [0.1, 0.15) is 6.92 Å². The van der Waals surface area contributed by atoms with E-state index in [4.69, 9.17) is 4.74 Å². The molecule has 2 N–H and O–H groups in total. The van der Waals surface area contributed by atoms with Crippen molar-refractivity contribution in [2.75, 3.05) is 19.7 Å². The van der Waals surface area contributed by atoms with Crippen LogP contribution in [0.4, 0.5) is 4.79 Å². The molecule has 84 valence electrons. The molecule has 2 amide bonds. The lowest BCUT2D eigenvalue weighted by Gasteiger charge is -2.06. The van der Waals surface area contributed by atoms with Crippen LogP contribution in [0.2, 0.25) is 0 Å². The minimum Gasteiger partial charge on any atom is -0.460 e. The van der Waals surface area contributed by atoms with Crippen molar-refractivity contribution in [1.29, 1.82) is 0 Å². The number of hydrogen-bond donors (Lipinski definition) is 2. The molecule has 0 fully saturated rings. The Morgan fingerprint density at radius 1 is 1.40 bits per heavy atom. The molecule has 0 unspecified atom stereocenters. The summed E-state index contributed by atoms with van der Waals surface area (Å²) in [5, 5.41) is 4.66. The fourth-order valence-corrected chi connectivity index (χ4v) is 0.628. The van der Waals surface area contributed by atoms with Gasteiger partial charge in [-0.3, -0.25) is 0 Å². The monoisotopic (exact) mass is 214 g/mol. The number of rotatable bonds is 6. The average molecular weight is 214 g/mol. The van der Waals surface area contributed by atoms with Crippen LogP contribution in [-0.2, 0) is 14.3 Å². The highest BCUT2D eigenvalue weighted by Crippen LogP contribution is 1.90. The quantitative estimate of drug-likeness (QED) is 0.273. The Bertz CT molecular complexity index is 263. The van der Waals surface area contributed by atoms with E-state index in [0.717, 1.165) is 0 Å². The largest absolute Gasteiger partial charge is 0.460 e. The first-order chi connectivity index (χ1) is 7.07. The fourth-order valence-electron chi connectivity index (χ4n) is 0.628. The maximum Gasteiger partial charge on any atom is 0.333 e. The summed E-state index contributed by atoms with van der Waals surface area (Å²) < 4.78 is 4.71. The molecular formula is C9H14N2O4. The van der Waals surface area contributed by atoms with E-state index < -0.39 is 12.0 Å². The van der Waals surface area contributed by atoms with Crippen LogP contribution in [-0.4, -0.2) is 38.0 Å². The Hall–Kier alpha value is -1.85. The van der Waals surface area contributed by atoms with Crippen LogP contribution in [0.3, 0.4) is 0 Å². The molecule has 0 aliphatic heterocycles. The summed E-state index contributed by atoms with van der Waals surface area (Å²) in [6.07, 6.45) is 0.570. The third-order valence-corrected chi connectivity index (χ3v) is 1.32. The van der Waals surface area contributed by atoms with Gasteiger partial charge < -0.3 is 20.2 Å². The summed E-state index contributed by atoms with van der Waals surface area (Å²) in [6.45, 7) is 5.14. The maximum absolute atomic E-state index is 10.9. The van der Waals surface area contributed by atoms with Gasteiger partial charge in [-0.2, -0.15) is 0 Å². The van der Waals surface area contributed by atoms with Crippen LogP contribution in [0, 0.1) is 0 Å². The van der Waals surface area contributed by atoms with Crippen LogP contribution in [0.5, 0.6) is 0 Å². The Kier molecular flexibility index (Phi) is 6.61. The van der Waals surface area contributed by atoms with Crippen molar-refractivity contribution in [3.05, 3.63) is 12.2 Å². The standard InChI is InChI=1S/C9H14N2O4/c1-7(2)8(13)15-6-4-11-9(14)10-3-5-12/h5H,1,3-4,6H2,2H3,(H2,10,11,14). The zero-order chi connectivity index (χ0) is 11.7. The van der Waals surface area contributed by atoms with Crippen molar-refractivity contribution in [2.24, 2.45) is 0 Å². The molecule has 0 rings (SSSR count). The second-order valence-electron chi connectivity index (χ2n) is 2.72. The molecule has 0 saturated carbocycles. The second-order valence-corrected chi connectivity index (χ2v) is 2.72. The molecule has 0 radical (unpaired) electrons. The van der Waals surface area contributed by atoms with E-state index in [0.29, 0.717) is 11.9 Å². The van der Waals surface area contributed by atoms with Crippen LogP contribution in [0.25, 0.3) is 0 Å². The number of aldehydes is 1. The first-order valence-electron chi connectivity index (χ1n) is 4.36. The summed E-state index contributed by atoms with van der Waals surface area (Å²) >= 11 is 0. The highest BCUT2D eigenvalue weighted by atomic mass is 16.5. The molecule has 0 aromatic heterocycles. The lowest BCUT2D eigenvalue weighted by atomic mass is 10.4.